The molecule has 0 aliphatic carbocycles. The van der Waals surface area contributed by atoms with Crippen LogP contribution >= 0.6 is 23.5 Å². The number of hydrogen-bond acceptors (Lipinski definition) is 10. The SMILES string of the molecule is CSC1=Nc2c3c(nc(=O)cnc3cn2C2O[C@H](CO)[C@@H](O)[C@@]2(C)SC)N1. The molecule has 0 aromatic carbocycles. The van der Waals surface area contributed by atoms with Gasteiger partial charge in [0.15, 0.2) is 17.2 Å². The number of amidine groups is 1. The Kier molecular flexibility index (Phi) is 4.67. The first kappa shape index (κ1) is 18.7. The number of rotatable bonds is 3. The van der Waals surface area contributed by atoms with Crippen molar-refractivity contribution < 1.29 is 14.9 Å². The van der Waals surface area contributed by atoms with Crippen LogP contribution in [-0.4, -0.2) is 66.0 Å². The predicted octanol–water partition coefficient (Wildman–Crippen LogP) is 0.940. The van der Waals surface area contributed by atoms with Crippen molar-refractivity contribution in [1.82, 2.24) is 14.5 Å². The molecular formula is C16H19N5O4S2. The zero-order valence-electron chi connectivity index (χ0n) is 14.9. The number of thioether (sulfide) groups is 2. The van der Waals surface area contributed by atoms with E-state index in [1.165, 1.54) is 29.7 Å². The van der Waals surface area contributed by atoms with Gasteiger partial charge in [0, 0.05) is 6.20 Å². The molecular weight excluding hydrogens is 390 g/mol. The van der Waals surface area contributed by atoms with Crippen LogP contribution in [0.25, 0.3) is 10.9 Å². The molecule has 11 heteroatoms. The van der Waals surface area contributed by atoms with E-state index in [9.17, 15) is 15.0 Å². The molecule has 2 aliphatic heterocycles. The number of ether oxygens (including phenoxy) is 1. The topological polar surface area (TPSA) is 122 Å². The minimum Gasteiger partial charge on any atom is -0.394 e. The molecule has 3 N–H and O–H groups in total. The van der Waals surface area contributed by atoms with Crippen molar-refractivity contribution in [2.75, 3.05) is 24.4 Å². The first-order valence-corrected chi connectivity index (χ1v) is 10.7. The van der Waals surface area contributed by atoms with Gasteiger partial charge in [-0.05, 0) is 19.4 Å². The number of aromatic nitrogens is 3. The molecule has 0 spiro atoms. The Balaban J connectivity index is 1.97. The van der Waals surface area contributed by atoms with Gasteiger partial charge < -0.3 is 24.8 Å². The third-order valence-corrected chi connectivity index (χ3v) is 6.89. The second kappa shape index (κ2) is 6.74. The van der Waals surface area contributed by atoms with Crippen LogP contribution in [0, 0.1) is 0 Å². The summed E-state index contributed by atoms with van der Waals surface area (Å²) >= 11 is 2.85. The van der Waals surface area contributed by atoms with Gasteiger partial charge in [-0.15, -0.1) is 0 Å². The number of hydrogen-bond donors (Lipinski definition) is 3. The van der Waals surface area contributed by atoms with Crippen LogP contribution in [0.3, 0.4) is 0 Å². The fourth-order valence-electron chi connectivity index (χ4n) is 3.45. The molecule has 4 rings (SSSR count). The van der Waals surface area contributed by atoms with Crippen molar-refractivity contribution in [1.29, 1.82) is 0 Å². The van der Waals surface area contributed by atoms with Crippen LogP contribution in [0.5, 0.6) is 0 Å². The van der Waals surface area contributed by atoms with E-state index >= 15 is 0 Å². The highest BCUT2D eigenvalue weighted by Gasteiger charge is 2.54. The number of aliphatic hydroxyl groups excluding tert-OH is 2. The highest BCUT2D eigenvalue weighted by molar-refractivity contribution is 8.13. The number of nitrogens with zero attached hydrogens (tertiary/aromatic N) is 4. The van der Waals surface area contributed by atoms with Gasteiger partial charge in [0.05, 0.1) is 28.5 Å². The zero-order chi connectivity index (χ0) is 19.3. The average molecular weight is 409 g/mol. The van der Waals surface area contributed by atoms with Crippen molar-refractivity contribution >= 4 is 51.2 Å². The lowest BCUT2D eigenvalue weighted by molar-refractivity contribution is -0.0443. The van der Waals surface area contributed by atoms with Crippen molar-refractivity contribution in [2.45, 2.75) is 30.1 Å². The van der Waals surface area contributed by atoms with Crippen molar-refractivity contribution in [3.8, 4) is 0 Å². The van der Waals surface area contributed by atoms with Crippen molar-refractivity contribution in [3.05, 3.63) is 22.7 Å². The maximum Gasteiger partial charge on any atom is 0.290 e. The molecule has 9 nitrogen and oxygen atoms in total. The maximum absolute atomic E-state index is 11.8. The van der Waals surface area contributed by atoms with Crippen molar-refractivity contribution in [3.63, 3.8) is 0 Å². The van der Waals surface area contributed by atoms with Crippen molar-refractivity contribution in [2.24, 2.45) is 4.99 Å². The van der Waals surface area contributed by atoms with Crippen LogP contribution in [0.1, 0.15) is 13.2 Å². The summed E-state index contributed by atoms with van der Waals surface area (Å²) in [6.07, 6.45) is 4.52. The second-order valence-electron chi connectivity index (χ2n) is 6.47. The van der Waals surface area contributed by atoms with Crippen LogP contribution in [-0.2, 0) is 4.74 Å². The monoisotopic (exact) mass is 409 g/mol. The van der Waals surface area contributed by atoms with Crippen LogP contribution < -0.4 is 10.9 Å². The molecule has 4 atom stereocenters. The van der Waals surface area contributed by atoms with E-state index in [-0.39, 0.29) is 6.61 Å². The third kappa shape index (κ3) is 2.76. The molecule has 4 heterocycles. The summed E-state index contributed by atoms with van der Waals surface area (Å²) in [5.41, 5.74) is 0.0929. The lowest BCUT2D eigenvalue weighted by Gasteiger charge is -2.32. The van der Waals surface area contributed by atoms with Crippen LogP contribution in [0.4, 0.5) is 11.6 Å². The number of nitrogens with one attached hydrogen (secondary N) is 1. The standard InChI is InChI=1S/C16H19N5O4S2/c1-16(27-3)11(24)8(6-22)25-14(16)21-5-7-10-12(18-9(23)4-17-7)19-15(26-2)20-13(10)21/h4-5,8,11,14,22,24H,6H2,1-3H3,(H,18,19,20,23)/t8-,11-,14?,16-/m1/s1. The van der Waals surface area contributed by atoms with Gasteiger partial charge in [0.25, 0.3) is 5.56 Å². The Hall–Kier alpha value is -1.66. The van der Waals surface area contributed by atoms with Crippen LogP contribution in [0.15, 0.2) is 22.2 Å². The molecule has 0 amide bonds. The summed E-state index contributed by atoms with van der Waals surface area (Å²) in [5.74, 6) is 0.943. The Bertz CT molecular complexity index is 997. The molecule has 0 radical (unpaired) electrons. The predicted molar refractivity (Wildman–Crippen MR) is 107 cm³/mol. The zero-order valence-corrected chi connectivity index (χ0v) is 16.5. The van der Waals surface area contributed by atoms with E-state index in [0.29, 0.717) is 27.7 Å². The average Bonchev–Trinajstić information content (AvgIpc) is 3.09. The van der Waals surface area contributed by atoms with Crippen LogP contribution in [0.2, 0.25) is 0 Å². The smallest absolute Gasteiger partial charge is 0.290 e. The van der Waals surface area contributed by atoms with E-state index in [2.05, 4.69) is 20.3 Å². The molecule has 1 fully saturated rings. The molecule has 1 unspecified atom stereocenters. The summed E-state index contributed by atoms with van der Waals surface area (Å²) in [6.45, 7) is 1.60. The maximum atomic E-state index is 11.8. The molecule has 0 saturated carbocycles. The highest BCUT2D eigenvalue weighted by atomic mass is 32.2. The third-order valence-electron chi connectivity index (χ3n) is 4.99. The fraction of sp³-hybridized carbons (Fsp3) is 0.500. The quantitative estimate of drug-likeness (QED) is 0.680. The fourth-order valence-corrected chi connectivity index (χ4v) is 4.59. The summed E-state index contributed by atoms with van der Waals surface area (Å²) in [4.78, 5) is 24.8. The molecule has 0 bridgehead atoms. The van der Waals surface area contributed by atoms with Gasteiger partial charge in [0.2, 0.25) is 0 Å². The summed E-state index contributed by atoms with van der Waals surface area (Å²) in [7, 11) is 0. The molecule has 2 aromatic heterocycles. The summed E-state index contributed by atoms with van der Waals surface area (Å²) < 4.78 is 7.10. The first-order valence-electron chi connectivity index (χ1n) is 8.24. The van der Waals surface area contributed by atoms with E-state index < -0.39 is 28.7 Å². The number of anilines is 1. The van der Waals surface area contributed by atoms with Gasteiger partial charge >= 0.3 is 0 Å². The first-order chi connectivity index (χ1) is 12.9. The van der Waals surface area contributed by atoms with Gasteiger partial charge in [-0.1, -0.05) is 11.8 Å². The molecule has 27 heavy (non-hydrogen) atoms. The van der Waals surface area contributed by atoms with Gasteiger partial charge in [-0.3, -0.25) is 4.79 Å². The molecule has 2 aromatic rings. The van der Waals surface area contributed by atoms with Gasteiger partial charge in [-0.25, -0.2) is 9.98 Å². The number of aliphatic hydroxyl groups is 2. The normalized spacial score (nSPS) is 29.7. The van der Waals surface area contributed by atoms with E-state index in [1.54, 1.807) is 10.8 Å². The number of aliphatic imine (C=N–C) groups is 1. The van der Waals surface area contributed by atoms with Gasteiger partial charge in [-0.2, -0.15) is 16.7 Å². The Morgan fingerprint density at radius 2 is 2.22 bits per heavy atom. The highest BCUT2D eigenvalue weighted by Crippen LogP contribution is 2.50. The molecule has 1 saturated heterocycles. The lowest BCUT2D eigenvalue weighted by atomic mass is 10.0. The Morgan fingerprint density at radius 1 is 1.44 bits per heavy atom. The Morgan fingerprint density at radius 3 is 2.89 bits per heavy atom. The Labute approximate surface area is 163 Å². The second-order valence-corrected chi connectivity index (χ2v) is 8.55. The largest absolute Gasteiger partial charge is 0.394 e. The van der Waals surface area contributed by atoms with E-state index in [1.807, 2.05) is 19.4 Å². The van der Waals surface area contributed by atoms with Gasteiger partial charge in [0.1, 0.15) is 18.0 Å². The summed E-state index contributed by atoms with van der Waals surface area (Å²) in [6, 6.07) is 0. The minimum absolute atomic E-state index is 0.287. The van der Waals surface area contributed by atoms with E-state index in [0.717, 1.165) is 0 Å². The lowest BCUT2D eigenvalue weighted by Crippen LogP contribution is -2.41. The molecule has 2 aliphatic rings. The van der Waals surface area contributed by atoms with E-state index in [4.69, 9.17) is 4.74 Å². The molecule has 144 valence electrons. The summed E-state index contributed by atoms with van der Waals surface area (Å²) in [5, 5.41) is 24.5. The minimum atomic E-state index is -0.860.